The summed E-state index contributed by atoms with van der Waals surface area (Å²) in [6.45, 7) is 7.71. The maximum absolute atomic E-state index is 13.3. The molecular weight excluding hydrogens is 348 g/mol. The number of amides is 1. The fraction of sp³-hybridized carbons (Fsp3) is 0.500. The van der Waals surface area contributed by atoms with Crippen LogP contribution in [0.5, 0.6) is 0 Å². The number of nitrogens with zero attached hydrogens (tertiary/aromatic N) is 3. The van der Waals surface area contributed by atoms with Crippen molar-refractivity contribution in [1.82, 2.24) is 20.0 Å². The molecule has 1 unspecified atom stereocenters. The Morgan fingerprint density at radius 2 is 2.04 bits per heavy atom. The van der Waals surface area contributed by atoms with E-state index in [4.69, 9.17) is 16.7 Å². The second kappa shape index (κ2) is 7.41. The molecule has 1 aromatic carbocycles. The highest BCUT2D eigenvalue weighted by Crippen LogP contribution is 2.31. The minimum absolute atomic E-state index is 0.0235. The highest BCUT2D eigenvalue weighted by atomic mass is 35.5. The smallest absolute Gasteiger partial charge is 0.257 e. The molecule has 0 aliphatic carbocycles. The second-order valence-corrected chi connectivity index (χ2v) is 8.27. The van der Waals surface area contributed by atoms with Crippen molar-refractivity contribution in [3.05, 3.63) is 41.0 Å². The molecular formula is C20H27ClN4O. The van der Waals surface area contributed by atoms with Gasteiger partial charge in [-0.05, 0) is 46.7 Å². The summed E-state index contributed by atoms with van der Waals surface area (Å²) in [7, 11) is 1.95. The van der Waals surface area contributed by atoms with Gasteiger partial charge in [-0.25, -0.2) is 0 Å². The van der Waals surface area contributed by atoms with Crippen LogP contribution in [0.3, 0.4) is 0 Å². The van der Waals surface area contributed by atoms with E-state index in [0.717, 1.165) is 31.5 Å². The topological polar surface area (TPSA) is 50.2 Å². The lowest BCUT2D eigenvalue weighted by Gasteiger charge is -2.32. The van der Waals surface area contributed by atoms with Crippen molar-refractivity contribution in [3.8, 4) is 11.3 Å². The first-order chi connectivity index (χ1) is 12.3. The summed E-state index contributed by atoms with van der Waals surface area (Å²) < 4.78 is 1.86. The first kappa shape index (κ1) is 18.9. The van der Waals surface area contributed by atoms with Gasteiger partial charge in [-0.2, -0.15) is 5.10 Å². The normalized spacial score (nSPS) is 18.2. The van der Waals surface area contributed by atoms with Gasteiger partial charge >= 0.3 is 0 Å². The Morgan fingerprint density at radius 3 is 2.69 bits per heavy atom. The van der Waals surface area contributed by atoms with Crippen molar-refractivity contribution in [1.29, 1.82) is 0 Å². The summed E-state index contributed by atoms with van der Waals surface area (Å²) in [6, 6.07) is 7.90. The van der Waals surface area contributed by atoms with Crippen molar-refractivity contribution in [2.45, 2.75) is 45.2 Å². The van der Waals surface area contributed by atoms with E-state index in [2.05, 4.69) is 26.1 Å². The van der Waals surface area contributed by atoms with Crippen LogP contribution in [0, 0.1) is 0 Å². The van der Waals surface area contributed by atoms with E-state index in [-0.39, 0.29) is 11.4 Å². The number of hydrogen-bond acceptors (Lipinski definition) is 3. The van der Waals surface area contributed by atoms with Gasteiger partial charge in [0, 0.05) is 30.9 Å². The Morgan fingerprint density at radius 1 is 1.31 bits per heavy atom. The van der Waals surface area contributed by atoms with Crippen molar-refractivity contribution in [2.75, 3.05) is 20.1 Å². The number of likely N-dealkylation sites (tertiary alicyclic amines) is 1. The van der Waals surface area contributed by atoms with E-state index in [1.807, 2.05) is 47.1 Å². The average molecular weight is 375 g/mol. The first-order valence-corrected chi connectivity index (χ1v) is 9.50. The van der Waals surface area contributed by atoms with Crippen molar-refractivity contribution < 1.29 is 4.79 Å². The van der Waals surface area contributed by atoms with E-state index in [0.29, 0.717) is 22.3 Å². The molecule has 5 nitrogen and oxygen atoms in total. The molecule has 1 fully saturated rings. The minimum Gasteiger partial charge on any atom is -0.337 e. The Bertz CT molecular complexity index is 793. The Kier molecular flexibility index (Phi) is 5.39. The third-order valence-corrected chi connectivity index (χ3v) is 5.21. The predicted molar refractivity (Wildman–Crippen MR) is 106 cm³/mol. The van der Waals surface area contributed by atoms with Crippen molar-refractivity contribution in [3.63, 3.8) is 0 Å². The number of aromatic nitrogens is 2. The van der Waals surface area contributed by atoms with Crippen molar-refractivity contribution >= 4 is 17.5 Å². The molecule has 0 saturated carbocycles. The van der Waals surface area contributed by atoms with Gasteiger partial charge < -0.3 is 10.2 Å². The van der Waals surface area contributed by atoms with Gasteiger partial charge in [0.15, 0.2) is 0 Å². The molecule has 1 N–H and O–H groups in total. The Hall–Kier alpha value is -1.85. The standard InChI is InChI=1S/C20H27ClN4O/c1-20(2,3)25-13-16(18(23-25)15-9-5-6-10-17(15)21)19(26)24-11-7-8-14(12-24)22-4/h5-6,9-10,13-14,22H,7-8,11-12H2,1-4H3. The third-order valence-electron chi connectivity index (χ3n) is 4.88. The number of carbonyl (C=O) groups is 1. The number of rotatable bonds is 3. The summed E-state index contributed by atoms with van der Waals surface area (Å²) in [6.07, 6.45) is 3.97. The molecule has 26 heavy (non-hydrogen) atoms. The molecule has 1 aromatic heterocycles. The lowest BCUT2D eigenvalue weighted by molar-refractivity contribution is 0.0698. The largest absolute Gasteiger partial charge is 0.337 e. The predicted octanol–water partition coefficient (Wildman–Crippen LogP) is 3.78. The summed E-state index contributed by atoms with van der Waals surface area (Å²) in [4.78, 5) is 15.2. The van der Waals surface area contributed by atoms with E-state index < -0.39 is 0 Å². The van der Waals surface area contributed by atoms with Crippen LogP contribution in [0.15, 0.2) is 30.5 Å². The van der Waals surface area contributed by atoms with Gasteiger partial charge in [0.25, 0.3) is 5.91 Å². The lowest BCUT2D eigenvalue weighted by atomic mass is 10.0. The van der Waals surface area contributed by atoms with Gasteiger partial charge in [0.1, 0.15) is 5.69 Å². The zero-order chi connectivity index (χ0) is 18.9. The molecule has 0 radical (unpaired) electrons. The molecule has 1 aliphatic rings. The molecule has 1 aliphatic heterocycles. The third kappa shape index (κ3) is 3.79. The molecule has 6 heteroatoms. The number of likely N-dealkylation sites (N-methyl/N-ethyl adjacent to an activating group) is 1. The second-order valence-electron chi connectivity index (χ2n) is 7.87. The molecule has 0 spiro atoms. The summed E-state index contributed by atoms with van der Waals surface area (Å²) in [5.41, 5.74) is 1.85. The van der Waals surface area contributed by atoms with Gasteiger partial charge in [0.05, 0.1) is 16.1 Å². The summed E-state index contributed by atoms with van der Waals surface area (Å²) >= 11 is 6.41. The van der Waals surface area contributed by atoms with Gasteiger partial charge in [-0.3, -0.25) is 9.48 Å². The zero-order valence-electron chi connectivity index (χ0n) is 15.9. The van der Waals surface area contributed by atoms with Crippen molar-refractivity contribution in [2.24, 2.45) is 0 Å². The number of carbonyl (C=O) groups excluding carboxylic acids is 1. The van der Waals surface area contributed by atoms with Gasteiger partial charge in [-0.1, -0.05) is 29.8 Å². The maximum atomic E-state index is 13.3. The molecule has 3 rings (SSSR count). The fourth-order valence-corrected chi connectivity index (χ4v) is 3.52. The van der Waals surface area contributed by atoms with Crippen LogP contribution < -0.4 is 5.32 Å². The average Bonchev–Trinajstić information content (AvgIpc) is 3.07. The molecule has 0 bridgehead atoms. The highest BCUT2D eigenvalue weighted by Gasteiger charge is 2.29. The number of piperidine rings is 1. The van der Waals surface area contributed by atoms with Gasteiger partial charge in [-0.15, -0.1) is 0 Å². The fourth-order valence-electron chi connectivity index (χ4n) is 3.29. The SMILES string of the molecule is CNC1CCCN(C(=O)c2cn(C(C)(C)C)nc2-c2ccccc2Cl)C1. The number of nitrogens with one attached hydrogen (secondary N) is 1. The maximum Gasteiger partial charge on any atom is 0.257 e. The first-order valence-electron chi connectivity index (χ1n) is 9.13. The highest BCUT2D eigenvalue weighted by molar-refractivity contribution is 6.33. The van der Waals surface area contributed by atoms with Gasteiger partial charge in [0.2, 0.25) is 0 Å². The number of halogens is 1. The molecule has 140 valence electrons. The molecule has 2 heterocycles. The number of benzene rings is 1. The van der Waals surface area contributed by atoms with Crippen LogP contribution in [0.2, 0.25) is 5.02 Å². The van der Waals surface area contributed by atoms with Crippen LogP contribution in [0.1, 0.15) is 44.0 Å². The molecule has 1 atom stereocenters. The molecule has 2 aromatic rings. The Labute approximate surface area is 160 Å². The summed E-state index contributed by atoms with van der Waals surface area (Å²) in [5, 5.41) is 8.63. The Balaban J connectivity index is 2.04. The van der Waals surface area contributed by atoms with Crippen LogP contribution in [0.25, 0.3) is 11.3 Å². The number of hydrogen-bond donors (Lipinski definition) is 1. The molecule has 1 saturated heterocycles. The zero-order valence-corrected chi connectivity index (χ0v) is 16.7. The van der Waals surface area contributed by atoms with E-state index in [1.54, 1.807) is 0 Å². The van der Waals surface area contributed by atoms with Crippen LogP contribution in [0.4, 0.5) is 0 Å². The quantitative estimate of drug-likeness (QED) is 0.889. The van der Waals surface area contributed by atoms with Crippen LogP contribution >= 0.6 is 11.6 Å². The lowest BCUT2D eigenvalue weighted by Crippen LogP contribution is -2.47. The minimum atomic E-state index is -0.218. The monoisotopic (exact) mass is 374 g/mol. The van der Waals surface area contributed by atoms with E-state index in [9.17, 15) is 4.79 Å². The summed E-state index contributed by atoms with van der Waals surface area (Å²) in [5.74, 6) is 0.0235. The van der Waals surface area contributed by atoms with Crippen LogP contribution in [-0.2, 0) is 5.54 Å². The molecule has 1 amide bonds. The van der Waals surface area contributed by atoms with E-state index in [1.165, 1.54) is 0 Å². The van der Waals surface area contributed by atoms with Crippen LogP contribution in [-0.4, -0.2) is 46.8 Å². The van der Waals surface area contributed by atoms with E-state index >= 15 is 0 Å².